The molecule has 0 fully saturated rings. The smallest absolute Gasteiger partial charge is 0.183 e. The SMILES string of the molecule is OCCNc1n[c]c(-c2ccccc2)s1. The lowest BCUT2D eigenvalue weighted by Crippen LogP contribution is -2.04. The second-order valence-corrected chi connectivity index (χ2v) is 3.98. The van der Waals surface area contributed by atoms with Gasteiger partial charge in [0.2, 0.25) is 0 Å². The van der Waals surface area contributed by atoms with Gasteiger partial charge in [0, 0.05) is 6.54 Å². The number of benzene rings is 1. The Hall–Kier alpha value is -1.39. The third-order valence-corrected chi connectivity index (χ3v) is 2.84. The topological polar surface area (TPSA) is 45.1 Å². The van der Waals surface area contributed by atoms with Crippen LogP contribution in [0.25, 0.3) is 10.4 Å². The Morgan fingerprint density at radius 2 is 2.13 bits per heavy atom. The van der Waals surface area contributed by atoms with Crippen molar-refractivity contribution < 1.29 is 5.11 Å². The largest absolute Gasteiger partial charge is 0.395 e. The molecular weight excluding hydrogens is 208 g/mol. The summed E-state index contributed by atoms with van der Waals surface area (Å²) < 4.78 is 0. The van der Waals surface area contributed by atoms with Gasteiger partial charge in [-0.05, 0) is 5.56 Å². The molecule has 0 aliphatic carbocycles. The van der Waals surface area contributed by atoms with E-state index < -0.39 is 0 Å². The second-order valence-electron chi connectivity index (χ2n) is 2.98. The molecule has 2 aromatic rings. The quantitative estimate of drug-likeness (QED) is 0.827. The average Bonchev–Trinajstić information content (AvgIpc) is 2.76. The zero-order valence-electron chi connectivity index (χ0n) is 8.10. The number of hydrogen-bond donors (Lipinski definition) is 2. The lowest BCUT2D eigenvalue weighted by atomic mass is 10.2. The minimum absolute atomic E-state index is 0.111. The summed E-state index contributed by atoms with van der Waals surface area (Å²) >= 11 is 1.54. The summed E-state index contributed by atoms with van der Waals surface area (Å²) in [6, 6.07) is 10.0. The fourth-order valence-corrected chi connectivity index (χ4v) is 2.00. The first-order valence-electron chi connectivity index (χ1n) is 4.69. The van der Waals surface area contributed by atoms with Crippen LogP contribution in [0.5, 0.6) is 0 Å². The molecule has 0 spiro atoms. The number of aromatic nitrogens is 1. The zero-order valence-corrected chi connectivity index (χ0v) is 8.92. The molecule has 0 unspecified atom stereocenters. The molecule has 0 bridgehead atoms. The molecule has 15 heavy (non-hydrogen) atoms. The summed E-state index contributed by atoms with van der Waals surface area (Å²) in [5.41, 5.74) is 1.12. The summed E-state index contributed by atoms with van der Waals surface area (Å²) in [4.78, 5) is 5.11. The zero-order chi connectivity index (χ0) is 10.5. The van der Waals surface area contributed by atoms with Gasteiger partial charge in [0.25, 0.3) is 0 Å². The van der Waals surface area contributed by atoms with Crippen LogP contribution in [0.2, 0.25) is 0 Å². The number of anilines is 1. The fraction of sp³-hybridized carbons (Fsp3) is 0.182. The van der Waals surface area contributed by atoms with Gasteiger partial charge in [-0.25, -0.2) is 4.98 Å². The Labute approximate surface area is 92.4 Å². The Kier molecular flexibility index (Phi) is 3.32. The van der Waals surface area contributed by atoms with Crippen molar-refractivity contribution in [2.45, 2.75) is 0 Å². The van der Waals surface area contributed by atoms with Crippen LogP contribution in [0.4, 0.5) is 5.13 Å². The maximum atomic E-state index is 8.66. The van der Waals surface area contributed by atoms with E-state index in [9.17, 15) is 0 Å². The number of nitrogens with zero attached hydrogens (tertiary/aromatic N) is 1. The van der Waals surface area contributed by atoms with Crippen LogP contribution < -0.4 is 5.32 Å². The molecule has 0 amide bonds. The summed E-state index contributed by atoms with van der Waals surface area (Å²) in [6.45, 7) is 0.635. The molecule has 0 saturated heterocycles. The molecule has 0 atom stereocenters. The van der Waals surface area contributed by atoms with Gasteiger partial charge in [-0.2, -0.15) is 0 Å². The van der Waals surface area contributed by atoms with E-state index in [4.69, 9.17) is 5.11 Å². The predicted molar refractivity (Wildman–Crippen MR) is 62.0 cm³/mol. The highest BCUT2D eigenvalue weighted by molar-refractivity contribution is 7.18. The monoisotopic (exact) mass is 219 g/mol. The molecule has 3 nitrogen and oxygen atoms in total. The minimum atomic E-state index is 0.111. The van der Waals surface area contributed by atoms with E-state index >= 15 is 0 Å². The highest BCUT2D eigenvalue weighted by Crippen LogP contribution is 2.27. The van der Waals surface area contributed by atoms with Crippen molar-refractivity contribution >= 4 is 16.5 Å². The minimum Gasteiger partial charge on any atom is -0.395 e. The first-order valence-corrected chi connectivity index (χ1v) is 5.50. The van der Waals surface area contributed by atoms with Crippen LogP contribution in [0.1, 0.15) is 0 Å². The normalized spacial score (nSPS) is 10.2. The number of nitrogens with one attached hydrogen (secondary N) is 1. The highest BCUT2D eigenvalue weighted by Gasteiger charge is 2.03. The van der Waals surface area contributed by atoms with Crippen LogP contribution in [0.15, 0.2) is 30.3 Å². The molecule has 2 N–H and O–H groups in total. The molecule has 0 aliphatic heterocycles. The molecule has 2 rings (SSSR count). The molecular formula is C11H11N2OS. The van der Waals surface area contributed by atoms with Crippen LogP contribution in [0.3, 0.4) is 0 Å². The molecule has 1 aromatic heterocycles. The first kappa shape index (κ1) is 10.1. The van der Waals surface area contributed by atoms with Gasteiger partial charge in [-0.15, -0.1) is 0 Å². The third kappa shape index (κ3) is 2.55. The summed E-state index contributed by atoms with van der Waals surface area (Å²) in [7, 11) is 0. The number of aliphatic hydroxyl groups excluding tert-OH is 1. The van der Waals surface area contributed by atoms with Crippen molar-refractivity contribution in [2.24, 2.45) is 0 Å². The second kappa shape index (κ2) is 4.91. The van der Waals surface area contributed by atoms with Crippen molar-refractivity contribution in [3.8, 4) is 10.4 Å². The van der Waals surface area contributed by atoms with E-state index in [0.717, 1.165) is 15.6 Å². The van der Waals surface area contributed by atoms with E-state index in [1.165, 1.54) is 11.3 Å². The molecule has 1 aromatic carbocycles. The third-order valence-electron chi connectivity index (χ3n) is 1.88. The van der Waals surface area contributed by atoms with Crippen molar-refractivity contribution in [3.05, 3.63) is 36.5 Å². The summed E-state index contributed by atoms with van der Waals surface area (Å²) in [6.07, 6.45) is 2.96. The molecule has 77 valence electrons. The number of thiazole rings is 1. The standard InChI is InChI=1S/C11H11N2OS/c14-7-6-12-11-13-8-10(15-11)9-4-2-1-3-5-9/h1-5,14H,6-7H2,(H,12,13). The van der Waals surface area contributed by atoms with E-state index in [1.807, 2.05) is 30.3 Å². The Balaban J connectivity index is 2.14. The maximum absolute atomic E-state index is 8.66. The van der Waals surface area contributed by atoms with Crippen LogP contribution >= 0.6 is 11.3 Å². The van der Waals surface area contributed by atoms with E-state index in [1.54, 1.807) is 0 Å². The van der Waals surface area contributed by atoms with Crippen LogP contribution in [0, 0.1) is 6.20 Å². The number of aliphatic hydroxyl groups is 1. The lowest BCUT2D eigenvalue weighted by Gasteiger charge is -1.96. The van der Waals surface area contributed by atoms with Crippen molar-refractivity contribution in [3.63, 3.8) is 0 Å². The molecule has 1 heterocycles. The lowest BCUT2D eigenvalue weighted by molar-refractivity contribution is 0.311. The van der Waals surface area contributed by atoms with Gasteiger partial charge < -0.3 is 10.4 Å². The Bertz CT molecular complexity index is 414. The molecule has 4 heteroatoms. The van der Waals surface area contributed by atoms with Gasteiger partial charge in [-0.3, -0.25) is 0 Å². The molecule has 1 radical (unpaired) electrons. The van der Waals surface area contributed by atoms with Crippen molar-refractivity contribution in [1.29, 1.82) is 0 Å². The van der Waals surface area contributed by atoms with E-state index in [-0.39, 0.29) is 6.61 Å². The van der Waals surface area contributed by atoms with Gasteiger partial charge in [0.05, 0.1) is 11.5 Å². The first-order chi connectivity index (χ1) is 7.40. The van der Waals surface area contributed by atoms with Gasteiger partial charge in [0.15, 0.2) is 5.13 Å². The van der Waals surface area contributed by atoms with E-state index in [0.29, 0.717) is 6.54 Å². The number of rotatable bonds is 4. The summed E-state index contributed by atoms with van der Waals surface area (Å²) in [5, 5.41) is 12.5. The van der Waals surface area contributed by atoms with Crippen molar-refractivity contribution in [2.75, 3.05) is 18.5 Å². The number of hydrogen-bond acceptors (Lipinski definition) is 4. The van der Waals surface area contributed by atoms with Crippen molar-refractivity contribution in [1.82, 2.24) is 4.98 Å². The Morgan fingerprint density at radius 1 is 1.33 bits per heavy atom. The molecule has 0 aliphatic rings. The van der Waals surface area contributed by atoms with Gasteiger partial charge in [-0.1, -0.05) is 41.7 Å². The highest BCUT2D eigenvalue weighted by atomic mass is 32.1. The van der Waals surface area contributed by atoms with Gasteiger partial charge in [0.1, 0.15) is 6.20 Å². The average molecular weight is 219 g/mol. The Morgan fingerprint density at radius 3 is 2.87 bits per heavy atom. The maximum Gasteiger partial charge on any atom is 0.183 e. The fourth-order valence-electron chi connectivity index (χ4n) is 1.20. The van der Waals surface area contributed by atoms with Gasteiger partial charge >= 0.3 is 0 Å². The molecule has 0 saturated carbocycles. The van der Waals surface area contributed by atoms with E-state index in [2.05, 4.69) is 16.5 Å². The van der Waals surface area contributed by atoms with Crippen LogP contribution in [-0.2, 0) is 0 Å². The van der Waals surface area contributed by atoms with Crippen LogP contribution in [-0.4, -0.2) is 23.2 Å². The predicted octanol–water partition coefficient (Wildman–Crippen LogP) is 2.01. The summed E-state index contributed by atoms with van der Waals surface area (Å²) in [5.74, 6) is 0.